The molecule has 0 aromatic heterocycles. The number of amides is 1. The van der Waals surface area contributed by atoms with Crippen LogP contribution in [0.25, 0.3) is 0 Å². The fourth-order valence-corrected chi connectivity index (χ4v) is 4.33. The molecule has 1 aliphatic carbocycles. The first-order valence-corrected chi connectivity index (χ1v) is 10.2. The molecule has 2 aromatic carbocycles. The van der Waals surface area contributed by atoms with Crippen molar-refractivity contribution >= 4 is 46.1 Å². The van der Waals surface area contributed by atoms with Crippen LogP contribution in [0.1, 0.15) is 50.5 Å². The minimum atomic E-state index is -0.0365. The standard InChI is InChI=1S/C22H25ClN2OS/c1-15(26)24-20-11-9-18(10-12-20)17-7-5-16(6-8-17)13-22(27)25-21-4-2-3-19(23)14-21/h2-4,9-12,14,16-17H,5-8,13H2,1H3,(H,24,26)(H,25,27). The predicted molar refractivity (Wildman–Crippen MR) is 118 cm³/mol. The van der Waals surface area contributed by atoms with Crippen LogP contribution in [-0.2, 0) is 4.79 Å². The van der Waals surface area contributed by atoms with Crippen molar-refractivity contribution in [2.75, 3.05) is 10.6 Å². The third-order valence-corrected chi connectivity index (χ3v) is 5.64. The molecule has 142 valence electrons. The van der Waals surface area contributed by atoms with Crippen LogP contribution in [0.4, 0.5) is 11.4 Å². The molecule has 1 amide bonds. The van der Waals surface area contributed by atoms with Crippen molar-refractivity contribution in [1.82, 2.24) is 0 Å². The van der Waals surface area contributed by atoms with Crippen LogP contribution in [0, 0.1) is 5.92 Å². The minimum absolute atomic E-state index is 0.0365. The maximum absolute atomic E-state index is 11.1. The van der Waals surface area contributed by atoms with E-state index in [-0.39, 0.29) is 5.91 Å². The summed E-state index contributed by atoms with van der Waals surface area (Å²) in [7, 11) is 0. The van der Waals surface area contributed by atoms with Crippen LogP contribution in [0.3, 0.4) is 0 Å². The molecule has 0 spiro atoms. The highest BCUT2D eigenvalue weighted by atomic mass is 35.5. The summed E-state index contributed by atoms with van der Waals surface area (Å²) in [6, 6.07) is 15.9. The van der Waals surface area contributed by atoms with Crippen molar-refractivity contribution < 1.29 is 4.79 Å². The Hall–Kier alpha value is -1.91. The van der Waals surface area contributed by atoms with Crippen molar-refractivity contribution in [3.63, 3.8) is 0 Å². The number of anilines is 2. The number of hydrogen-bond acceptors (Lipinski definition) is 2. The molecule has 0 heterocycles. The van der Waals surface area contributed by atoms with Crippen LogP contribution in [0.5, 0.6) is 0 Å². The van der Waals surface area contributed by atoms with Gasteiger partial charge in [0.25, 0.3) is 0 Å². The van der Waals surface area contributed by atoms with Gasteiger partial charge in [-0.25, -0.2) is 0 Å². The SMILES string of the molecule is CC(=O)Nc1ccc(C2CCC(CC(=S)Nc3cccc(Cl)c3)CC2)cc1. The lowest BCUT2D eigenvalue weighted by atomic mass is 9.77. The van der Waals surface area contributed by atoms with Crippen LogP contribution in [-0.4, -0.2) is 10.9 Å². The fourth-order valence-electron chi connectivity index (χ4n) is 3.78. The lowest BCUT2D eigenvalue weighted by Gasteiger charge is -2.29. The van der Waals surface area contributed by atoms with Gasteiger partial charge in [-0.15, -0.1) is 0 Å². The molecule has 27 heavy (non-hydrogen) atoms. The molecule has 1 aliphatic rings. The Kier molecular flexibility index (Phi) is 6.86. The zero-order valence-corrected chi connectivity index (χ0v) is 17.1. The Labute approximate surface area is 171 Å². The zero-order valence-electron chi connectivity index (χ0n) is 15.5. The summed E-state index contributed by atoms with van der Waals surface area (Å²) < 4.78 is 0. The molecule has 1 saturated carbocycles. The third kappa shape index (κ3) is 6.05. The van der Waals surface area contributed by atoms with E-state index in [1.807, 2.05) is 36.4 Å². The van der Waals surface area contributed by atoms with Gasteiger partial charge in [0.1, 0.15) is 0 Å². The maximum atomic E-state index is 11.1. The van der Waals surface area contributed by atoms with Gasteiger partial charge in [0, 0.05) is 29.7 Å². The molecule has 5 heteroatoms. The molecule has 3 nitrogen and oxygen atoms in total. The summed E-state index contributed by atoms with van der Waals surface area (Å²) in [5, 5.41) is 6.84. The highest BCUT2D eigenvalue weighted by Crippen LogP contribution is 2.37. The van der Waals surface area contributed by atoms with E-state index in [1.54, 1.807) is 0 Å². The molecule has 0 unspecified atom stereocenters. The Morgan fingerprint density at radius 2 is 1.74 bits per heavy atom. The van der Waals surface area contributed by atoms with E-state index in [9.17, 15) is 4.79 Å². The zero-order chi connectivity index (χ0) is 19.2. The highest BCUT2D eigenvalue weighted by molar-refractivity contribution is 7.80. The van der Waals surface area contributed by atoms with Gasteiger partial charge in [-0.1, -0.05) is 42.0 Å². The van der Waals surface area contributed by atoms with Crippen molar-refractivity contribution in [3.8, 4) is 0 Å². The van der Waals surface area contributed by atoms with Crippen LogP contribution in [0.2, 0.25) is 5.02 Å². The first-order valence-electron chi connectivity index (χ1n) is 9.42. The number of halogens is 1. The molecular weight excluding hydrogens is 376 g/mol. The molecule has 0 saturated heterocycles. The maximum Gasteiger partial charge on any atom is 0.221 e. The fraction of sp³-hybridized carbons (Fsp3) is 0.364. The number of carbonyl (C=O) groups excluding carboxylic acids is 1. The Balaban J connectivity index is 1.47. The number of rotatable bonds is 5. The molecule has 2 N–H and O–H groups in total. The van der Waals surface area contributed by atoms with E-state index >= 15 is 0 Å². The number of thiocarbonyl (C=S) groups is 1. The van der Waals surface area contributed by atoms with E-state index in [4.69, 9.17) is 23.8 Å². The summed E-state index contributed by atoms with van der Waals surface area (Å²) in [5.74, 6) is 1.20. The molecule has 3 rings (SSSR count). The molecular formula is C22H25ClN2OS. The lowest BCUT2D eigenvalue weighted by Crippen LogP contribution is -2.19. The molecule has 2 aromatic rings. The first kappa shape index (κ1) is 19.8. The normalized spacial score (nSPS) is 19.3. The summed E-state index contributed by atoms with van der Waals surface area (Å²) >= 11 is 11.6. The number of carbonyl (C=O) groups is 1. The quantitative estimate of drug-likeness (QED) is 0.570. The number of benzene rings is 2. The molecule has 0 atom stereocenters. The second-order valence-corrected chi connectivity index (χ2v) is 8.21. The minimum Gasteiger partial charge on any atom is -0.350 e. The average molecular weight is 401 g/mol. The predicted octanol–water partition coefficient (Wildman–Crippen LogP) is 6.40. The summed E-state index contributed by atoms with van der Waals surface area (Å²) in [6.07, 6.45) is 5.68. The topological polar surface area (TPSA) is 41.1 Å². The lowest BCUT2D eigenvalue weighted by molar-refractivity contribution is -0.114. The van der Waals surface area contributed by atoms with Gasteiger partial charge in [0.05, 0.1) is 4.99 Å². The van der Waals surface area contributed by atoms with Gasteiger partial charge in [-0.05, 0) is 73.4 Å². The Morgan fingerprint density at radius 3 is 2.37 bits per heavy atom. The molecule has 0 bridgehead atoms. The second kappa shape index (κ2) is 9.34. The van der Waals surface area contributed by atoms with Gasteiger partial charge in [-0.2, -0.15) is 0 Å². The summed E-state index contributed by atoms with van der Waals surface area (Å²) in [5.41, 5.74) is 3.18. The van der Waals surface area contributed by atoms with E-state index in [2.05, 4.69) is 22.8 Å². The average Bonchev–Trinajstić information content (AvgIpc) is 2.62. The summed E-state index contributed by atoms with van der Waals surface area (Å²) in [4.78, 5) is 12.0. The van der Waals surface area contributed by atoms with Gasteiger partial charge in [-0.3, -0.25) is 4.79 Å². The van der Waals surface area contributed by atoms with Crippen molar-refractivity contribution in [1.29, 1.82) is 0 Å². The molecule has 1 fully saturated rings. The number of hydrogen-bond donors (Lipinski definition) is 2. The van der Waals surface area contributed by atoms with Crippen LogP contribution in [0.15, 0.2) is 48.5 Å². The van der Waals surface area contributed by atoms with E-state index in [0.29, 0.717) is 16.9 Å². The van der Waals surface area contributed by atoms with Crippen molar-refractivity contribution in [2.45, 2.75) is 44.9 Å². The Morgan fingerprint density at radius 1 is 1.04 bits per heavy atom. The Bertz CT molecular complexity index is 798. The van der Waals surface area contributed by atoms with Crippen LogP contribution < -0.4 is 10.6 Å². The van der Waals surface area contributed by atoms with Gasteiger partial charge in [0.2, 0.25) is 5.91 Å². The monoisotopic (exact) mass is 400 g/mol. The van der Waals surface area contributed by atoms with Gasteiger partial charge >= 0.3 is 0 Å². The third-order valence-electron chi connectivity index (χ3n) is 5.13. The highest BCUT2D eigenvalue weighted by Gasteiger charge is 2.23. The molecule has 0 aliphatic heterocycles. The van der Waals surface area contributed by atoms with Crippen molar-refractivity contribution in [2.24, 2.45) is 5.92 Å². The van der Waals surface area contributed by atoms with Gasteiger partial charge < -0.3 is 10.6 Å². The number of nitrogens with one attached hydrogen (secondary N) is 2. The largest absolute Gasteiger partial charge is 0.350 e. The smallest absolute Gasteiger partial charge is 0.221 e. The van der Waals surface area contributed by atoms with E-state index in [1.165, 1.54) is 38.2 Å². The second-order valence-electron chi connectivity index (χ2n) is 7.28. The first-order chi connectivity index (χ1) is 13.0. The van der Waals surface area contributed by atoms with Crippen molar-refractivity contribution in [3.05, 3.63) is 59.1 Å². The summed E-state index contributed by atoms with van der Waals surface area (Å²) in [6.45, 7) is 1.53. The van der Waals surface area contributed by atoms with E-state index < -0.39 is 0 Å². The van der Waals surface area contributed by atoms with Crippen LogP contribution >= 0.6 is 23.8 Å². The van der Waals surface area contributed by atoms with E-state index in [0.717, 1.165) is 22.8 Å². The van der Waals surface area contributed by atoms with Gasteiger partial charge in [0.15, 0.2) is 0 Å². The molecule has 0 radical (unpaired) electrons.